The Morgan fingerprint density at radius 1 is 1.52 bits per heavy atom. The second-order valence-corrected chi connectivity index (χ2v) is 6.66. The summed E-state index contributed by atoms with van der Waals surface area (Å²) >= 11 is 0. The molecule has 0 bridgehead atoms. The number of carboxylic acids is 1. The fourth-order valence-corrected chi connectivity index (χ4v) is 3.96. The van der Waals surface area contributed by atoms with Gasteiger partial charge in [0, 0.05) is 12.6 Å². The van der Waals surface area contributed by atoms with Crippen LogP contribution in [0.1, 0.15) is 13.3 Å². The van der Waals surface area contributed by atoms with Gasteiger partial charge in [-0.15, -0.1) is 0 Å². The molecule has 21 heavy (non-hydrogen) atoms. The van der Waals surface area contributed by atoms with Crippen LogP contribution < -0.4 is 0 Å². The van der Waals surface area contributed by atoms with E-state index in [-0.39, 0.29) is 17.4 Å². The van der Waals surface area contributed by atoms with Crippen molar-refractivity contribution in [1.82, 2.24) is 9.29 Å². The van der Waals surface area contributed by atoms with Gasteiger partial charge in [-0.2, -0.15) is 4.31 Å². The highest BCUT2D eigenvalue weighted by atomic mass is 32.2. The van der Waals surface area contributed by atoms with Gasteiger partial charge in [0.25, 0.3) is 0 Å². The second kappa shape index (κ2) is 5.37. The molecule has 1 fully saturated rings. The van der Waals surface area contributed by atoms with Crippen LogP contribution in [0.3, 0.4) is 0 Å². The molecular formula is C11H13N3O6S. The summed E-state index contributed by atoms with van der Waals surface area (Å²) in [5, 5.41) is 19.7. The molecule has 9 nitrogen and oxygen atoms in total. The van der Waals surface area contributed by atoms with E-state index < -0.39 is 32.8 Å². The molecule has 10 heteroatoms. The Bertz CT molecular complexity index is 672. The second-order valence-electron chi connectivity index (χ2n) is 4.77. The van der Waals surface area contributed by atoms with Crippen molar-refractivity contribution in [3.8, 4) is 0 Å². The molecule has 1 saturated heterocycles. The molecule has 1 aromatic rings. The maximum absolute atomic E-state index is 12.4. The number of carboxylic acid groups (broad SMARTS) is 1. The fraction of sp³-hybridized carbons (Fsp3) is 0.455. The number of aromatic nitrogens is 1. The van der Waals surface area contributed by atoms with Crippen LogP contribution in [-0.4, -0.2) is 46.3 Å². The highest BCUT2D eigenvalue weighted by molar-refractivity contribution is 7.89. The minimum atomic E-state index is -4.04. The minimum absolute atomic E-state index is 0.0947. The van der Waals surface area contributed by atoms with E-state index in [4.69, 9.17) is 0 Å². The summed E-state index contributed by atoms with van der Waals surface area (Å²) in [6.07, 6.45) is 1.31. The number of carbonyl (C=O) groups is 1. The molecule has 1 aromatic heterocycles. The minimum Gasteiger partial charge on any atom is -0.480 e. The average molecular weight is 315 g/mol. The maximum atomic E-state index is 12.4. The number of aliphatic carboxylic acids is 1. The molecule has 0 radical (unpaired) electrons. The largest absolute Gasteiger partial charge is 0.480 e. The van der Waals surface area contributed by atoms with E-state index in [9.17, 15) is 28.4 Å². The highest BCUT2D eigenvalue weighted by Gasteiger charge is 2.44. The summed E-state index contributed by atoms with van der Waals surface area (Å²) in [7, 11) is -4.04. The van der Waals surface area contributed by atoms with Crippen LogP contribution >= 0.6 is 0 Å². The molecule has 2 rings (SSSR count). The third-order valence-electron chi connectivity index (χ3n) is 3.42. The zero-order valence-electron chi connectivity index (χ0n) is 11.0. The molecular weight excluding hydrogens is 302 g/mol. The normalized spacial score (nSPS) is 23.1. The van der Waals surface area contributed by atoms with Gasteiger partial charge in [0.1, 0.15) is 10.9 Å². The first-order valence-corrected chi connectivity index (χ1v) is 7.54. The Balaban J connectivity index is 2.37. The first-order chi connectivity index (χ1) is 9.75. The lowest BCUT2D eigenvalue weighted by atomic mass is 10.0. The standard InChI is InChI=1S/C11H13N3O6S/c1-7-4-5-13(10(7)11(15)16)21(19,20)8-2-3-9(12-6-8)14(17)18/h2-3,6-7,10H,4-5H2,1H3,(H,15,16). The number of pyridine rings is 1. The van der Waals surface area contributed by atoms with Crippen molar-refractivity contribution in [3.05, 3.63) is 28.4 Å². The predicted octanol–water partition coefficient (Wildman–Crippen LogP) is 0.473. The van der Waals surface area contributed by atoms with Gasteiger partial charge in [-0.3, -0.25) is 4.79 Å². The Morgan fingerprint density at radius 3 is 2.67 bits per heavy atom. The van der Waals surface area contributed by atoms with Crippen LogP contribution in [-0.2, 0) is 14.8 Å². The highest BCUT2D eigenvalue weighted by Crippen LogP contribution is 2.30. The first kappa shape index (κ1) is 15.3. The van der Waals surface area contributed by atoms with Crippen molar-refractivity contribution in [2.24, 2.45) is 5.92 Å². The number of rotatable bonds is 4. The van der Waals surface area contributed by atoms with Gasteiger partial charge < -0.3 is 15.2 Å². The van der Waals surface area contributed by atoms with Crippen LogP contribution in [0.5, 0.6) is 0 Å². The van der Waals surface area contributed by atoms with Gasteiger partial charge >= 0.3 is 11.8 Å². The van der Waals surface area contributed by atoms with Gasteiger partial charge in [-0.1, -0.05) is 6.92 Å². The van der Waals surface area contributed by atoms with E-state index in [1.807, 2.05) is 0 Å². The van der Waals surface area contributed by atoms with Gasteiger partial charge in [-0.25, -0.2) is 8.42 Å². The van der Waals surface area contributed by atoms with Crippen molar-refractivity contribution in [2.45, 2.75) is 24.3 Å². The Labute approximate surface area is 120 Å². The molecule has 2 atom stereocenters. The molecule has 1 aliphatic rings. The third-order valence-corrected chi connectivity index (χ3v) is 5.29. The Hall–Kier alpha value is -2.07. The summed E-state index contributed by atoms with van der Waals surface area (Å²) in [5.74, 6) is -1.99. The van der Waals surface area contributed by atoms with Crippen LogP contribution in [0.15, 0.2) is 23.2 Å². The number of nitrogens with zero attached hydrogens (tertiary/aromatic N) is 3. The van der Waals surface area contributed by atoms with E-state index in [0.29, 0.717) is 6.42 Å². The number of sulfonamides is 1. The molecule has 0 saturated carbocycles. The molecule has 0 aromatic carbocycles. The van der Waals surface area contributed by atoms with Crippen LogP contribution in [0.2, 0.25) is 0 Å². The zero-order valence-corrected chi connectivity index (χ0v) is 11.9. The smallest absolute Gasteiger partial charge is 0.363 e. The van der Waals surface area contributed by atoms with E-state index in [2.05, 4.69) is 4.98 Å². The van der Waals surface area contributed by atoms with Gasteiger partial charge in [-0.05, 0) is 28.3 Å². The summed E-state index contributed by atoms with van der Waals surface area (Å²) in [6.45, 7) is 1.76. The molecule has 1 N–H and O–H groups in total. The molecule has 1 aliphatic heterocycles. The number of hydrogen-bond acceptors (Lipinski definition) is 6. The average Bonchev–Trinajstić information content (AvgIpc) is 2.81. The Kier molecular flexibility index (Phi) is 3.92. The molecule has 2 unspecified atom stereocenters. The number of nitro groups is 1. The SMILES string of the molecule is CC1CCN(S(=O)(=O)c2ccc([N+](=O)[O-])nc2)C1C(=O)O. The summed E-state index contributed by atoms with van der Waals surface area (Å²) in [5.41, 5.74) is 0. The molecule has 114 valence electrons. The summed E-state index contributed by atoms with van der Waals surface area (Å²) in [6, 6.07) is 0.898. The quantitative estimate of drug-likeness (QED) is 0.631. The van der Waals surface area contributed by atoms with Crippen LogP contribution in [0.4, 0.5) is 5.82 Å². The van der Waals surface area contributed by atoms with Crippen molar-refractivity contribution in [1.29, 1.82) is 0 Å². The zero-order chi connectivity index (χ0) is 15.8. The van der Waals surface area contributed by atoms with Gasteiger partial charge in [0.2, 0.25) is 10.0 Å². The monoisotopic (exact) mass is 315 g/mol. The van der Waals surface area contributed by atoms with Crippen molar-refractivity contribution < 1.29 is 23.2 Å². The fourth-order valence-electron chi connectivity index (χ4n) is 2.32. The summed E-state index contributed by atoms with van der Waals surface area (Å²) < 4.78 is 25.8. The molecule has 0 amide bonds. The lowest BCUT2D eigenvalue weighted by molar-refractivity contribution is -0.389. The first-order valence-electron chi connectivity index (χ1n) is 6.10. The lowest BCUT2D eigenvalue weighted by Gasteiger charge is -2.22. The molecule has 2 heterocycles. The molecule has 0 spiro atoms. The van der Waals surface area contributed by atoms with Crippen molar-refractivity contribution in [2.75, 3.05) is 6.54 Å². The van der Waals surface area contributed by atoms with Crippen LogP contribution in [0.25, 0.3) is 0 Å². The van der Waals surface area contributed by atoms with E-state index in [0.717, 1.165) is 22.6 Å². The van der Waals surface area contributed by atoms with Crippen molar-refractivity contribution in [3.63, 3.8) is 0 Å². The van der Waals surface area contributed by atoms with E-state index in [1.165, 1.54) is 0 Å². The predicted molar refractivity (Wildman–Crippen MR) is 70.0 cm³/mol. The molecule has 0 aliphatic carbocycles. The number of hydrogen-bond donors (Lipinski definition) is 1. The van der Waals surface area contributed by atoms with Crippen molar-refractivity contribution >= 4 is 21.8 Å². The van der Waals surface area contributed by atoms with E-state index >= 15 is 0 Å². The van der Waals surface area contributed by atoms with Gasteiger partial charge in [0.05, 0.1) is 0 Å². The van der Waals surface area contributed by atoms with Crippen LogP contribution in [0, 0.1) is 16.0 Å². The Morgan fingerprint density at radius 2 is 2.19 bits per heavy atom. The topological polar surface area (TPSA) is 131 Å². The van der Waals surface area contributed by atoms with Gasteiger partial charge in [0.15, 0.2) is 6.20 Å². The van der Waals surface area contributed by atoms with E-state index in [1.54, 1.807) is 6.92 Å². The third kappa shape index (κ3) is 2.72. The summed E-state index contributed by atoms with van der Waals surface area (Å²) in [4.78, 5) is 24.2. The maximum Gasteiger partial charge on any atom is 0.363 e. The lowest BCUT2D eigenvalue weighted by Crippen LogP contribution is -2.42.